The number of carbonyl (C=O) groups is 1. The van der Waals surface area contributed by atoms with Crippen molar-refractivity contribution in [1.29, 1.82) is 0 Å². The van der Waals surface area contributed by atoms with Crippen molar-refractivity contribution in [1.82, 2.24) is 9.78 Å². The van der Waals surface area contributed by atoms with Crippen molar-refractivity contribution in [3.05, 3.63) is 74.4 Å². The predicted octanol–water partition coefficient (Wildman–Crippen LogP) is 4.46. The fourth-order valence-corrected chi connectivity index (χ4v) is 3.19. The van der Waals surface area contributed by atoms with Crippen molar-refractivity contribution in [2.75, 3.05) is 12.4 Å². The van der Waals surface area contributed by atoms with Crippen molar-refractivity contribution in [3.63, 3.8) is 0 Å². The first kappa shape index (κ1) is 22.2. The summed E-state index contributed by atoms with van der Waals surface area (Å²) in [5.74, 6) is -0.865. The van der Waals surface area contributed by atoms with E-state index in [2.05, 4.69) is 31.1 Å². The Morgan fingerprint density at radius 3 is 2.71 bits per heavy atom. The number of alkyl halides is 2. The number of hydrogen-bond donors (Lipinski definition) is 1. The summed E-state index contributed by atoms with van der Waals surface area (Å²) in [4.78, 5) is 22.9. The number of aromatic nitrogens is 2. The molecule has 1 heterocycles. The smallest absolute Gasteiger partial charge is 0.404 e. The Morgan fingerprint density at radius 1 is 1.29 bits per heavy atom. The Kier molecular flexibility index (Phi) is 6.80. The molecule has 162 valence electrons. The van der Waals surface area contributed by atoms with E-state index in [4.69, 9.17) is 4.74 Å². The number of carbonyl (C=O) groups excluding carboxylic acids is 1. The van der Waals surface area contributed by atoms with Crippen molar-refractivity contribution in [2.45, 2.75) is 13.2 Å². The van der Waals surface area contributed by atoms with Crippen LogP contribution in [0.4, 0.5) is 20.3 Å². The minimum atomic E-state index is -3.01. The number of halogens is 3. The first-order valence-corrected chi connectivity index (χ1v) is 9.46. The van der Waals surface area contributed by atoms with E-state index in [1.54, 1.807) is 24.3 Å². The van der Waals surface area contributed by atoms with Crippen LogP contribution in [0.2, 0.25) is 0 Å². The molecule has 0 aliphatic rings. The van der Waals surface area contributed by atoms with E-state index >= 15 is 0 Å². The molecule has 0 bridgehead atoms. The number of nitrogens with zero attached hydrogens (tertiary/aromatic N) is 3. The molecule has 0 aliphatic heterocycles. The number of anilines is 1. The minimum Gasteiger partial charge on any atom is -0.493 e. The van der Waals surface area contributed by atoms with Gasteiger partial charge in [-0.15, -0.1) is 0 Å². The molecule has 0 saturated carbocycles. The highest BCUT2D eigenvalue weighted by molar-refractivity contribution is 9.10. The minimum absolute atomic E-state index is 0.0395. The highest BCUT2D eigenvalue weighted by Gasteiger charge is 2.19. The summed E-state index contributed by atoms with van der Waals surface area (Å²) in [7, 11) is 1.29. The van der Waals surface area contributed by atoms with Gasteiger partial charge in [0.1, 0.15) is 4.47 Å². The zero-order chi connectivity index (χ0) is 22.5. The zero-order valence-corrected chi connectivity index (χ0v) is 17.5. The molecular formula is C19H15BrF2N4O5. The second kappa shape index (κ2) is 9.51. The number of nitrogens with one attached hydrogen (secondary N) is 1. The van der Waals surface area contributed by atoms with Crippen molar-refractivity contribution in [3.8, 4) is 11.5 Å². The number of amides is 1. The van der Waals surface area contributed by atoms with E-state index in [1.807, 2.05) is 0 Å². The van der Waals surface area contributed by atoms with Gasteiger partial charge in [-0.25, -0.2) is 0 Å². The first-order chi connectivity index (χ1) is 14.8. The molecule has 1 aromatic heterocycles. The number of rotatable bonds is 8. The number of ether oxygens (including phenoxy) is 2. The molecule has 0 spiro atoms. The van der Waals surface area contributed by atoms with Gasteiger partial charge in [-0.2, -0.15) is 13.5 Å². The van der Waals surface area contributed by atoms with Gasteiger partial charge >= 0.3 is 12.4 Å². The quantitative estimate of drug-likeness (QED) is 0.364. The lowest BCUT2D eigenvalue weighted by molar-refractivity contribution is -0.390. The molecule has 0 aliphatic carbocycles. The topological polar surface area (TPSA) is 109 Å². The van der Waals surface area contributed by atoms with E-state index in [0.29, 0.717) is 16.8 Å². The van der Waals surface area contributed by atoms with Gasteiger partial charge < -0.3 is 24.9 Å². The monoisotopic (exact) mass is 496 g/mol. The van der Waals surface area contributed by atoms with Crippen LogP contribution in [0.3, 0.4) is 0 Å². The zero-order valence-electron chi connectivity index (χ0n) is 15.9. The van der Waals surface area contributed by atoms with Gasteiger partial charge in [-0.1, -0.05) is 12.1 Å². The SMILES string of the molecule is COc1cc(NC(=O)c2cccc(Cn3cc(Br)c([N+](=O)[O-])n3)c2)ccc1OC(F)F. The summed E-state index contributed by atoms with van der Waals surface area (Å²) < 4.78 is 35.9. The maximum absolute atomic E-state index is 12.6. The van der Waals surface area contributed by atoms with Gasteiger partial charge in [-0.05, 0) is 50.7 Å². The number of benzene rings is 2. The molecule has 3 rings (SSSR count). The lowest BCUT2D eigenvalue weighted by Gasteiger charge is -2.12. The van der Waals surface area contributed by atoms with E-state index in [-0.39, 0.29) is 28.3 Å². The molecule has 12 heteroatoms. The number of methoxy groups -OCH3 is 1. The maximum Gasteiger partial charge on any atom is 0.404 e. The number of hydrogen-bond acceptors (Lipinski definition) is 6. The van der Waals surface area contributed by atoms with Crippen LogP contribution in [0.1, 0.15) is 15.9 Å². The standard InChI is InChI=1S/C19H15BrF2N4O5/c1-30-16-8-13(5-6-15(16)31-19(21)22)23-18(27)12-4-2-3-11(7-12)9-25-10-14(20)17(24-25)26(28)29/h2-8,10,19H,9H2,1H3,(H,23,27). The molecule has 0 atom stereocenters. The third-order valence-electron chi connectivity index (χ3n) is 4.04. The van der Waals surface area contributed by atoms with E-state index in [9.17, 15) is 23.7 Å². The largest absolute Gasteiger partial charge is 0.493 e. The number of nitro groups is 1. The second-order valence-corrected chi connectivity index (χ2v) is 7.01. The van der Waals surface area contributed by atoms with Gasteiger partial charge in [0.2, 0.25) is 0 Å². The lowest BCUT2D eigenvalue weighted by atomic mass is 10.1. The molecule has 0 unspecified atom stereocenters. The second-order valence-electron chi connectivity index (χ2n) is 6.15. The van der Waals surface area contributed by atoms with Crippen LogP contribution >= 0.6 is 15.9 Å². The predicted molar refractivity (Wildman–Crippen MR) is 110 cm³/mol. The van der Waals surface area contributed by atoms with Gasteiger partial charge in [0.05, 0.1) is 25.0 Å². The average molecular weight is 497 g/mol. The van der Waals surface area contributed by atoms with Crippen LogP contribution in [-0.4, -0.2) is 34.3 Å². The molecule has 0 radical (unpaired) electrons. The van der Waals surface area contributed by atoms with E-state index in [1.165, 1.54) is 36.2 Å². The highest BCUT2D eigenvalue weighted by Crippen LogP contribution is 2.31. The Bertz CT molecular complexity index is 1120. The van der Waals surface area contributed by atoms with E-state index in [0.717, 1.165) is 0 Å². The van der Waals surface area contributed by atoms with Crippen molar-refractivity contribution in [2.24, 2.45) is 0 Å². The summed E-state index contributed by atoms with van der Waals surface area (Å²) in [6.45, 7) is -2.80. The Morgan fingerprint density at radius 2 is 2.06 bits per heavy atom. The molecule has 3 aromatic rings. The van der Waals surface area contributed by atoms with Crippen molar-refractivity contribution >= 4 is 33.3 Å². The first-order valence-electron chi connectivity index (χ1n) is 8.67. The molecular weight excluding hydrogens is 482 g/mol. The Labute approximate surface area is 182 Å². The summed E-state index contributed by atoms with van der Waals surface area (Å²) in [6.07, 6.45) is 1.47. The molecule has 1 N–H and O–H groups in total. The van der Waals surface area contributed by atoms with Gasteiger partial charge in [0, 0.05) is 17.3 Å². The van der Waals surface area contributed by atoms with Crippen molar-refractivity contribution < 1.29 is 28.0 Å². The summed E-state index contributed by atoms with van der Waals surface area (Å²) in [5.41, 5.74) is 1.33. The van der Waals surface area contributed by atoms with Crippen LogP contribution in [0.15, 0.2) is 53.1 Å². The molecule has 1 amide bonds. The third-order valence-corrected chi connectivity index (χ3v) is 4.60. The lowest BCUT2D eigenvalue weighted by Crippen LogP contribution is -2.13. The van der Waals surface area contributed by atoms with Crippen LogP contribution in [0.5, 0.6) is 11.5 Å². The fraction of sp³-hybridized carbons (Fsp3) is 0.158. The highest BCUT2D eigenvalue weighted by atomic mass is 79.9. The maximum atomic E-state index is 12.6. The molecule has 9 nitrogen and oxygen atoms in total. The summed E-state index contributed by atoms with van der Waals surface area (Å²) in [6, 6.07) is 10.6. The summed E-state index contributed by atoms with van der Waals surface area (Å²) >= 11 is 3.09. The van der Waals surface area contributed by atoms with Crippen LogP contribution in [0, 0.1) is 10.1 Å². The van der Waals surface area contributed by atoms with Crippen LogP contribution in [0.25, 0.3) is 0 Å². The average Bonchev–Trinajstić information content (AvgIpc) is 3.09. The molecule has 0 saturated heterocycles. The normalized spacial score (nSPS) is 10.7. The molecule has 31 heavy (non-hydrogen) atoms. The van der Waals surface area contributed by atoms with E-state index < -0.39 is 17.4 Å². The van der Waals surface area contributed by atoms with Gasteiger partial charge in [0.25, 0.3) is 5.91 Å². The third kappa shape index (κ3) is 5.54. The van der Waals surface area contributed by atoms with Gasteiger partial charge in [-0.3, -0.25) is 4.79 Å². The fourth-order valence-electron chi connectivity index (χ4n) is 2.73. The summed E-state index contributed by atoms with van der Waals surface area (Å²) in [5, 5.41) is 17.5. The van der Waals surface area contributed by atoms with Gasteiger partial charge in [0.15, 0.2) is 11.5 Å². The van der Waals surface area contributed by atoms with Crippen LogP contribution in [-0.2, 0) is 6.54 Å². The molecule has 2 aromatic carbocycles. The van der Waals surface area contributed by atoms with Crippen LogP contribution < -0.4 is 14.8 Å². The Balaban J connectivity index is 1.74. The Hall–Kier alpha value is -3.54. The molecule has 0 fully saturated rings.